The van der Waals surface area contributed by atoms with Crippen LogP contribution in [0.15, 0.2) is 0 Å². The van der Waals surface area contributed by atoms with Crippen molar-refractivity contribution in [1.29, 1.82) is 0 Å². The van der Waals surface area contributed by atoms with Crippen molar-refractivity contribution >= 4 is 5.97 Å². The van der Waals surface area contributed by atoms with E-state index in [9.17, 15) is 4.79 Å². The minimum absolute atomic E-state index is 0.0869. The Bertz CT molecular complexity index is 171. The normalized spacial score (nSPS) is 15.3. The third kappa shape index (κ3) is 5.19. The predicted molar refractivity (Wildman–Crippen MR) is 54.9 cm³/mol. The van der Waals surface area contributed by atoms with E-state index in [0.717, 1.165) is 0 Å². The molecule has 14 heavy (non-hydrogen) atoms. The van der Waals surface area contributed by atoms with Crippen molar-refractivity contribution in [2.24, 2.45) is 11.7 Å². The van der Waals surface area contributed by atoms with Crippen molar-refractivity contribution in [2.75, 3.05) is 13.7 Å². The zero-order valence-corrected chi connectivity index (χ0v) is 9.45. The summed E-state index contributed by atoms with van der Waals surface area (Å²) < 4.78 is 9.98. The number of methoxy groups -OCH3 is 1. The van der Waals surface area contributed by atoms with E-state index >= 15 is 0 Å². The van der Waals surface area contributed by atoms with E-state index in [4.69, 9.17) is 15.2 Å². The maximum Gasteiger partial charge on any atom is 0.323 e. The van der Waals surface area contributed by atoms with Crippen molar-refractivity contribution in [3.8, 4) is 0 Å². The second kappa shape index (κ2) is 6.79. The molecule has 0 radical (unpaired) electrons. The van der Waals surface area contributed by atoms with Crippen LogP contribution in [0.1, 0.15) is 27.2 Å². The van der Waals surface area contributed by atoms with E-state index in [1.54, 1.807) is 7.11 Å². The van der Waals surface area contributed by atoms with Gasteiger partial charge in [-0.25, -0.2) is 0 Å². The van der Waals surface area contributed by atoms with E-state index in [-0.39, 0.29) is 12.1 Å². The van der Waals surface area contributed by atoms with Crippen LogP contribution in [0.5, 0.6) is 0 Å². The molecule has 0 amide bonds. The Hall–Kier alpha value is -0.610. The van der Waals surface area contributed by atoms with E-state index in [2.05, 4.69) is 0 Å². The highest BCUT2D eigenvalue weighted by Crippen LogP contribution is 2.06. The lowest BCUT2D eigenvalue weighted by atomic mass is 10.1. The van der Waals surface area contributed by atoms with Gasteiger partial charge >= 0.3 is 5.97 Å². The summed E-state index contributed by atoms with van der Waals surface area (Å²) in [5, 5.41) is 0. The van der Waals surface area contributed by atoms with Crippen LogP contribution in [0.4, 0.5) is 0 Å². The fourth-order valence-corrected chi connectivity index (χ4v) is 0.769. The minimum Gasteiger partial charge on any atom is -0.461 e. The van der Waals surface area contributed by atoms with Gasteiger partial charge in [0.25, 0.3) is 0 Å². The number of carbonyl (C=O) groups is 1. The summed E-state index contributed by atoms with van der Waals surface area (Å²) in [6.07, 6.45) is 0.413. The number of rotatable bonds is 6. The van der Waals surface area contributed by atoms with E-state index < -0.39 is 6.04 Å². The summed E-state index contributed by atoms with van der Waals surface area (Å²) in [6, 6.07) is -0.573. The van der Waals surface area contributed by atoms with Gasteiger partial charge in [-0.3, -0.25) is 4.79 Å². The lowest BCUT2D eigenvalue weighted by molar-refractivity contribution is -0.152. The van der Waals surface area contributed by atoms with Gasteiger partial charge in [-0.15, -0.1) is 0 Å². The molecular weight excluding hydrogens is 182 g/mol. The fraction of sp³-hybridized carbons (Fsp3) is 0.900. The van der Waals surface area contributed by atoms with Crippen LogP contribution >= 0.6 is 0 Å². The largest absolute Gasteiger partial charge is 0.461 e. The molecule has 0 aromatic rings. The standard InChI is InChI=1S/C10H21NO3/c1-7(2)8(3)14-10(12)9(11)5-6-13-4/h7-9H,5-6,11H2,1-4H3. The monoisotopic (exact) mass is 203 g/mol. The molecule has 0 fully saturated rings. The molecule has 84 valence electrons. The third-order valence-corrected chi connectivity index (χ3v) is 2.18. The van der Waals surface area contributed by atoms with Crippen LogP contribution in [-0.4, -0.2) is 31.8 Å². The molecule has 0 bridgehead atoms. The second-order valence-corrected chi connectivity index (χ2v) is 3.77. The molecule has 0 aliphatic heterocycles. The van der Waals surface area contributed by atoms with E-state index in [1.807, 2.05) is 20.8 Å². The topological polar surface area (TPSA) is 61.5 Å². The summed E-state index contributed by atoms with van der Waals surface area (Å²) in [5.74, 6) is -0.0307. The Kier molecular flexibility index (Phi) is 6.49. The molecule has 0 aromatic heterocycles. The number of ether oxygens (including phenoxy) is 2. The summed E-state index contributed by atoms with van der Waals surface area (Å²) in [7, 11) is 1.58. The third-order valence-electron chi connectivity index (χ3n) is 2.18. The molecule has 0 heterocycles. The highest BCUT2D eigenvalue weighted by Gasteiger charge is 2.18. The van der Waals surface area contributed by atoms with Crippen LogP contribution in [0.25, 0.3) is 0 Å². The Morgan fingerprint density at radius 2 is 1.93 bits per heavy atom. The molecule has 0 rings (SSSR count). The van der Waals surface area contributed by atoms with E-state index in [0.29, 0.717) is 18.9 Å². The van der Waals surface area contributed by atoms with Gasteiger partial charge in [0, 0.05) is 13.7 Å². The molecule has 4 heteroatoms. The summed E-state index contributed by atoms with van der Waals surface area (Å²) >= 11 is 0. The van der Waals surface area contributed by atoms with Crippen LogP contribution in [0, 0.1) is 5.92 Å². The van der Waals surface area contributed by atoms with Crippen LogP contribution in [-0.2, 0) is 14.3 Å². The highest BCUT2D eigenvalue weighted by atomic mass is 16.5. The minimum atomic E-state index is -0.573. The number of hydrogen-bond acceptors (Lipinski definition) is 4. The number of nitrogens with two attached hydrogens (primary N) is 1. The van der Waals surface area contributed by atoms with Crippen LogP contribution < -0.4 is 5.73 Å². The van der Waals surface area contributed by atoms with Gasteiger partial charge in [0.2, 0.25) is 0 Å². The maximum absolute atomic E-state index is 11.4. The first kappa shape index (κ1) is 13.4. The summed E-state index contributed by atoms with van der Waals surface area (Å²) in [6.45, 7) is 6.34. The molecule has 0 aliphatic rings. The number of esters is 1. The van der Waals surface area contributed by atoms with Gasteiger partial charge in [0.1, 0.15) is 12.1 Å². The van der Waals surface area contributed by atoms with Crippen LogP contribution in [0.2, 0.25) is 0 Å². The second-order valence-electron chi connectivity index (χ2n) is 3.77. The van der Waals surface area contributed by atoms with Crippen LogP contribution in [0.3, 0.4) is 0 Å². The van der Waals surface area contributed by atoms with Gasteiger partial charge in [-0.05, 0) is 19.3 Å². The molecule has 2 N–H and O–H groups in total. The zero-order valence-electron chi connectivity index (χ0n) is 9.45. The molecule has 2 unspecified atom stereocenters. The van der Waals surface area contributed by atoms with Crippen molar-refractivity contribution in [2.45, 2.75) is 39.3 Å². The Morgan fingerprint density at radius 3 is 2.36 bits per heavy atom. The molecular formula is C10H21NO3. The molecule has 0 aliphatic carbocycles. The fourth-order valence-electron chi connectivity index (χ4n) is 0.769. The lowest BCUT2D eigenvalue weighted by Gasteiger charge is -2.19. The van der Waals surface area contributed by atoms with Crippen molar-refractivity contribution < 1.29 is 14.3 Å². The molecule has 4 nitrogen and oxygen atoms in total. The Balaban J connectivity index is 3.82. The molecule has 0 saturated carbocycles. The SMILES string of the molecule is COCCC(N)C(=O)OC(C)C(C)C. The van der Waals surface area contributed by atoms with Crippen molar-refractivity contribution in [1.82, 2.24) is 0 Å². The smallest absolute Gasteiger partial charge is 0.323 e. The summed E-state index contributed by atoms with van der Waals surface area (Å²) in [4.78, 5) is 11.4. The average molecular weight is 203 g/mol. The predicted octanol–water partition coefficient (Wildman–Crippen LogP) is 0.938. The molecule has 0 aromatic carbocycles. The molecule has 0 spiro atoms. The zero-order chi connectivity index (χ0) is 11.1. The first-order valence-electron chi connectivity index (χ1n) is 4.94. The average Bonchev–Trinajstić information content (AvgIpc) is 2.13. The maximum atomic E-state index is 11.4. The molecule has 0 saturated heterocycles. The summed E-state index contributed by atoms with van der Waals surface area (Å²) in [5.41, 5.74) is 5.60. The van der Waals surface area contributed by atoms with E-state index in [1.165, 1.54) is 0 Å². The van der Waals surface area contributed by atoms with Crippen molar-refractivity contribution in [3.63, 3.8) is 0 Å². The van der Waals surface area contributed by atoms with Gasteiger partial charge < -0.3 is 15.2 Å². The highest BCUT2D eigenvalue weighted by molar-refractivity contribution is 5.75. The van der Waals surface area contributed by atoms with Crippen molar-refractivity contribution in [3.05, 3.63) is 0 Å². The van der Waals surface area contributed by atoms with Gasteiger partial charge in [0.15, 0.2) is 0 Å². The van der Waals surface area contributed by atoms with Gasteiger partial charge in [0.05, 0.1) is 0 Å². The molecule has 2 atom stereocenters. The quantitative estimate of drug-likeness (QED) is 0.652. The van der Waals surface area contributed by atoms with Gasteiger partial charge in [-0.1, -0.05) is 13.8 Å². The first-order valence-corrected chi connectivity index (χ1v) is 4.94. The first-order chi connectivity index (χ1) is 6.49. The Labute approximate surface area is 85.8 Å². The number of hydrogen-bond donors (Lipinski definition) is 1. The number of carbonyl (C=O) groups excluding carboxylic acids is 1. The van der Waals surface area contributed by atoms with Gasteiger partial charge in [-0.2, -0.15) is 0 Å². The Morgan fingerprint density at radius 1 is 1.36 bits per heavy atom. The lowest BCUT2D eigenvalue weighted by Crippen LogP contribution is -2.36.